The Hall–Kier alpha value is -2.64. The molecule has 0 spiro atoms. The summed E-state index contributed by atoms with van der Waals surface area (Å²) < 4.78 is 7.65. The third-order valence-electron chi connectivity index (χ3n) is 6.33. The van der Waals surface area contributed by atoms with Crippen LogP contribution in [0.4, 0.5) is 5.82 Å². The molecule has 7 nitrogen and oxygen atoms in total. The summed E-state index contributed by atoms with van der Waals surface area (Å²) in [4.78, 5) is 2.46. The van der Waals surface area contributed by atoms with Gasteiger partial charge < -0.3 is 19.5 Å². The number of nitrogens with zero attached hydrogens (tertiary/aromatic N) is 4. The molecule has 7 heteroatoms. The fourth-order valence-electron chi connectivity index (χ4n) is 4.79. The van der Waals surface area contributed by atoms with Crippen molar-refractivity contribution in [2.45, 2.75) is 46.1 Å². The average molecular weight is 409 g/mol. The van der Waals surface area contributed by atoms with Gasteiger partial charge in [0.25, 0.3) is 0 Å². The number of fused-ring (bicyclic) bond motifs is 1. The van der Waals surface area contributed by atoms with E-state index in [-0.39, 0.29) is 6.73 Å². The van der Waals surface area contributed by atoms with Gasteiger partial charge in [-0.05, 0) is 77.9 Å². The van der Waals surface area contributed by atoms with Crippen LogP contribution in [-0.4, -0.2) is 52.6 Å². The van der Waals surface area contributed by atoms with Crippen LogP contribution in [0.1, 0.15) is 36.3 Å². The number of aromatic nitrogens is 3. The Balaban J connectivity index is 1.66. The smallest absolute Gasteiger partial charge is 0.158 e. The van der Waals surface area contributed by atoms with E-state index in [1.807, 2.05) is 19.1 Å². The number of anilines is 1. The quantitative estimate of drug-likeness (QED) is 0.582. The van der Waals surface area contributed by atoms with Crippen LogP contribution < -0.4 is 15.8 Å². The van der Waals surface area contributed by atoms with E-state index >= 15 is 0 Å². The predicted molar refractivity (Wildman–Crippen MR) is 122 cm³/mol. The normalized spacial score (nSPS) is 17.0. The third-order valence-corrected chi connectivity index (χ3v) is 6.33. The van der Waals surface area contributed by atoms with E-state index in [2.05, 4.69) is 58.0 Å². The number of benzene rings is 1. The third kappa shape index (κ3) is 3.75. The summed E-state index contributed by atoms with van der Waals surface area (Å²) in [5.41, 5.74) is 9.85. The van der Waals surface area contributed by atoms with Gasteiger partial charge in [-0.25, -0.2) is 0 Å². The van der Waals surface area contributed by atoms with Crippen LogP contribution >= 0.6 is 0 Å². The Bertz CT molecular complexity index is 1030. The molecule has 0 radical (unpaired) electrons. The molecule has 160 valence electrons. The molecule has 0 amide bonds. The second-order valence-electron chi connectivity index (χ2n) is 8.19. The minimum absolute atomic E-state index is 0.174. The van der Waals surface area contributed by atoms with Gasteiger partial charge in [-0.3, -0.25) is 5.73 Å². The summed E-state index contributed by atoms with van der Waals surface area (Å²) in [6.45, 7) is 8.60. The van der Waals surface area contributed by atoms with Gasteiger partial charge in [0.15, 0.2) is 5.82 Å². The standard InChI is InChI=1S/C23H32N6O/c1-15-21-16(2)29(19-7-9-20(10-8-19)30-14-24)17(3)22(21)23(27-26-15)25-12-11-18-6-5-13-28(18)4/h7-10,18H,5-6,11-14,24H2,1-4H3,(H,25,27). The number of rotatable bonds is 7. The van der Waals surface area contributed by atoms with Crippen molar-refractivity contribution in [2.24, 2.45) is 5.73 Å². The first-order valence-corrected chi connectivity index (χ1v) is 10.7. The number of nitrogens with two attached hydrogens (primary N) is 1. The molecule has 0 bridgehead atoms. The molecule has 1 atom stereocenters. The van der Waals surface area contributed by atoms with E-state index in [0.717, 1.165) is 47.0 Å². The molecule has 4 rings (SSSR count). The van der Waals surface area contributed by atoms with Gasteiger partial charge >= 0.3 is 0 Å². The van der Waals surface area contributed by atoms with Gasteiger partial charge in [0.2, 0.25) is 0 Å². The zero-order valence-corrected chi connectivity index (χ0v) is 18.4. The van der Waals surface area contributed by atoms with E-state index in [0.29, 0.717) is 6.04 Å². The van der Waals surface area contributed by atoms with Crippen molar-refractivity contribution < 1.29 is 4.74 Å². The first-order valence-electron chi connectivity index (χ1n) is 10.7. The molecule has 1 unspecified atom stereocenters. The summed E-state index contributed by atoms with van der Waals surface area (Å²) in [6, 6.07) is 8.68. The Morgan fingerprint density at radius 2 is 1.83 bits per heavy atom. The van der Waals surface area contributed by atoms with E-state index in [1.54, 1.807) is 0 Å². The molecule has 1 saturated heterocycles. The lowest BCUT2D eigenvalue weighted by atomic mass is 10.1. The molecule has 30 heavy (non-hydrogen) atoms. The van der Waals surface area contributed by atoms with Crippen molar-refractivity contribution in [3.63, 3.8) is 0 Å². The Morgan fingerprint density at radius 1 is 1.10 bits per heavy atom. The highest BCUT2D eigenvalue weighted by Gasteiger charge is 2.22. The molecule has 3 heterocycles. The monoisotopic (exact) mass is 408 g/mol. The highest BCUT2D eigenvalue weighted by atomic mass is 16.5. The van der Waals surface area contributed by atoms with E-state index in [1.165, 1.54) is 30.5 Å². The van der Waals surface area contributed by atoms with Crippen LogP contribution in [-0.2, 0) is 0 Å². The lowest BCUT2D eigenvalue weighted by Gasteiger charge is -2.19. The second kappa shape index (κ2) is 8.62. The van der Waals surface area contributed by atoms with Crippen molar-refractivity contribution in [1.29, 1.82) is 0 Å². The maximum absolute atomic E-state index is 5.48. The molecule has 3 aromatic rings. The van der Waals surface area contributed by atoms with E-state index < -0.39 is 0 Å². The Kier molecular flexibility index (Phi) is 5.92. The van der Waals surface area contributed by atoms with Crippen molar-refractivity contribution in [1.82, 2.24) is 19.7 Å². The summed E-state index contributed by atoms with van der Waals surface area (Å²) in [5.74, 6) is 1.64. The SMILES string of the molecule is Cc1nnc(NCCC2CCCN2C)c2c(C)n(-c3ccc(OCN)cc3)c(C)c12. The van der Waals surface area contributed by atoms with Crippen LogP contribution in [0.25, 0.3) is 16.5 Å². The molecular weight excluding hydrogens is 376 g/mol. The van der Waals surface area contributed by atoms with Gasteiger partial charge in [-0.15, -0.1) is 5.10 Å². The van der Waals surface area contributed by atoms with Crippen LogP contribution in [0.15, 0.2) is 24.3 Å². The number of likely N-dealkylation sites (tertiary alicyclic amines) is 1. The van der Waals surface area contributed by atoms with Gasteiger partial charge in [0, 0.05) is 40.4 Å². The molecule has 2 aromatic heterocycles. The highest BCUT2D eigenvalue weighted by Crippen LogP contribution is 2.34. The van der Waals surface area contributed by atoms with Crippen LogP contribution in [0, 0.1) is 20.8 Å². The Labute approximate surface area is 178 Å². The van der Waals surface area contributed by atoms with Crippen molar-refractivity contribution in [2.75, 3.05) is 32.2 Å². The molecule has 0 saturated carbocycles. The van der Waals surface area contributed by atoms with Crippen molar-refractivity contribution in [3.8, 4) is 11.4 Å². The summed E-state index contributed by atoms with van der Waals surface area (Å²) in [7, 11) is 2.22. The number of aryl methyl sites for hydroxylation is 3. The minimum Gasteiger partial charge on any atom is -0.479 e. The first-order chi connectivity index (χ1) is 14.5. The van der Waals surface area contributed by atoms with Crippen molar-refractivity contribution >= 4 is 16.6 Å². The summed E-state index contributed by atoms with van der Waals surface area (Å²) in [6.07, 6.45) is 3.70. The lowest BCUT2D eigenvalue weighted by molar-refractivity contribution is 0.301. The van der Waals surface area contributed by atoms with E-state index in [9.17, 15) is 0 Å². The van der Waals surface area contributed by atoms with Gasteiger partial charge in [-0.1, -0.05) is 0 Å². The van der Waals surface area contributed by atoms with Crippen molar-refractivity contribution in [3.05, 3.63) is 41.3 Å². The first kappa shape index (κ1) is 20.6. The van der Waals surface area contributed by atoms with Gasteiger partial charge in [-0.2, -0.15) is 5.10 Å². The van der Waals surface area contributed by atoms with Crippen LogP contribution in [0.3, 0.4) is 0 Å². The molecule has 0 aliphatic carbocycles. The number of nitrogens with one attached hydrogen (secondary N) is 1. The Morgan fingerprint density at radius 3 is 2.50 bits per heavy atom. The molecule has 1 aliphatic rings. The predicted octanol–water partition coefficient (Wildman–Crippen LogP) is 3.54. The maximum Gasteiger partial charge on any atom is 0.158 e. The number of hydrogen-bond donors (Lipinski definition) is 2. The fraction of sp³-hybridized carbons (Fsp3) is 0.478. The average Bonchev–Trinajstić information content (AvgIpc) is 3.26. The molecular formula is C23H32N6O. The minimum atomic E-state index is 0.174. The zero-order chi connectivity index (χ0) is 21.3. The largest absolute Gasteiger partial charge is 0.479 e. The molecule has 1 aliphatic heterocycles. The summed E-state index contributed by atoms with van der Waals surface area (Å²) in [5, 5.41) is 14.9. The fourth-order valence-corrected chi connectivity index (χ4v) is 4.79. The number of hydrogen-bond acceptors (Lipinski definition) is 6. The topological polar surface area (TPSA) is 81.2 Å². The summed E-state index contributed by atoms with van der Waals surface area (Å²) >= 11 is 0. The lowest BCUT2D eigenvalue weighted by Crippen LogP contribution is -2.27. The van der Waals surface area contributed by atoms with Crippen LogP contribution in [0.5, 0.6) is 5.75 Å². The van der Waals surface area contributed by atoms with Gasteiger partial charge in [0.05, 0.1) is 5.69 Å². The van der Waals surface area contributed by atoms with Gasteiger partial charge in [0.1, 0.15) is 12.5 Å². The highest BCUT2D eigenvalue weighted by molar-refractivity contribution is 5.98. The molecule has 1 aromatic carbocycles. The molecule has 3 N–H and O–H groups in total. The van der Waals surface area contributed by atoms with E-state index in [4.69, 9.17) is 10.5 Å². The maximum atomic E-state index is 5.48. The van der Waals surface area contributed by atoms with Crippen LogP contribution in [0.2, 0.25) is 0 Å². The zero-order valence-electron chi connectivity index (χ0n) is 18.4. The number of ether oxygens (including phenoxy) is 1. The second-order valence-corrected chi connectivity index (χ2v) is 8.19. The molecule has 1 fully saturated rings.